The number of carbonyl (C=O) groups excluding carboxylic acids is 1. The van der Waals surface area contributed by atoms with Crippen LogP contribution >= 0.6 is 11.6 Å². The minimum Gasteiger partial charge on any atom is -0.360 e. The summed E-state index contributed by atoms with van der Waals surface area (Å²) in [6, 6.07) is 1.50. The third-order valence-electron chi connectivity index (χ3n) is 3.95. The molecule has 0 bridgehead atoms. The second kappa shape index (κ2) is 6.70. The van der Waals surface area contributed by atoms with E-state index in [2.05, 4.69) is 15.3 Å². The van der Waals surface area contributed by atoms with Crippen LogP contribution in [0.5, 0.6) is 0 Å². The Balaban J connectivity index is 1.64. The van der Waals surface area contributed by atoms with E-state index < -0.39 is 0 Å². The van der Waals surface area contributed by atoms with Gasteiger partial charge in [0.15, 0.2) is 11.0 Å². The molecule has 7 nitrogen and oxygen atoms in total. The maximum Gasteiger partial charge on any atom is 0.249 e. The number of carbonyl (C=O) groups is 1. The molecule has 1 saturated heterocycles. The number of nitrogens with zero attached hydrogens (tertiary/aromatic N) is 4. The number of hydrogen-bond donors (Lipinski definition) is 0. The van der Waals surface area contributed by atoms with Gasteiger partial charge in [0.25, 0.3) is 0 Å². The van der Waals surface area contributed by atoms with Crippen molar-refractivity contribution in [3.05, 3.63) is 28.7 Å². The number of aryl methyl sites for hydroxylation is 1. The van der Waals surface area contributed by atoms with Gasteiger partial charge in [-0.1, -0.05) is 35.8 Å². The highest BCUT2D eigenvalue weighted by Crippen LogP contribution is 2.32. The lowest BCUT2D eigenvalue weighted by Gasteiger charge is -2.21. The van der Waals surface area contributed by atoms with Gasteiger partial charge in [-0.05, 0) is 12.8 Å². The first-order valence-electron chi connectivity index (χ1n) is 7.78. The molecule has 2 aromatic rings. The first-order chi connectivity index (χ1) is 11.0. The van der Waals surface area contributed by atoms with Crippen LogP contribution in [0.25, 0.3) is 0 Å². The molecule has 3 rings (SSSR count). The molecular formula is C15H19ClN4O3. The van der Waals surface area contributed by atoms with Gasteiger partial charge < -0.3 is 13.9 Å². The number of amides is 1. The number of halogens is 1. The lowest BCUT2D eigenvalue weighted by molar-refractivity contribution is -0.132. The zero-order valence-electron chi connectivity index (χ0n) is 13.2. The molecule has 0 unspecified atom stereocenters. The summed E-state index contributed by atoms with van der Waals surface area (Å²) >= 11 is 5.71. The monoisotopic (exact) mass is 338 g/mol. The number of likely N-dealkylation sites (tertiary alicyclic amines) is 1. The van der Waals surface area contributed by atoms with Crippen molar-refractivity contribution in [2.75, 3.05) is 6.54 Å². The predicted molar refractivity (Wildman–Crippen MR) is 81.9 cm³/mol. The number of aromatic nitrogens is 3. The summed E-state index contributed by atoms with van der Waals surface area (Å²) in [7, 11) is 0. The summed E-state index contributed by atoms with van der Waals surface area (Å²) in [4.78, 5) is 18.7. The standard InChI is InChI=1S/C15H19ClN4O3/c1-9(2)14-17-15(23-19-14)11-4-3-7-20(11)13(21)6-5-10-8-12(16)18-22-10/h8-9,11H,3-7H2,1-2H3/t11-/m1/s1. The van der Waals surface area contributed by atoms with E-state index in [1.165, 1.54) is 0 Å². The van der Waals surface area contributed by atoms with Crippen molar-refractivity contribution in [3.63, 3.8) is 0 Å². The molecule has 0 N–H and O–H groups in total. The van der Waals surface area contributed by atoms with E-state index >= 15 is 0 Å². The van der Waals surface area contributed by atoms with Gasteiger partial charge in [0, 0.05) is 31.4 Å². The Morgan fingerprint density at radius 2 is 2.26 bits per heavy atom. The van der Waals surface area contributed by atoms with Gasteiger partial charge in [-0.2, -0.15) is 4.98 Å². The van der Waals surface area contributed by atoms with Crippen molar-refractivity contribution in [1.82, 2.24) is 20.2 Å². The van der Waals surface area contributed by atoms with Crippen molar-refractivity contribution in [3.8, 4) is 0 Å². The Hall–Kier alpha value is -1.89. The van der Waals surface area contributed by atoms with Gasteiger partial charge in [-0.25, -0.2) is 0 Å². The molecule has 0 aromatic carbocycles. The first kappa shape index (κ1) is 16.0. The van der Waals surface area contributed by atoms with Crippen LogP contribution in [0.1, 0.15) is 62.5 Å². The Bertz CT molecular complexity index is 682. The number of hydrogen-bond acceptors (Lipinski definition) is 6. The molecule has 1 aliphatic rings. The SMILES string of the molecule is CC(C)c1noc([C@H]2CCCN2C(=O)CCc2cc(Cl)no2)n1. The van der Waals surface area contributed by atoms with Crippen LogP contribution in [0.4, 0.5) is 0 Å². The van der Waals surface area contributed by atoms with Crippen LogP contribution in [0, 0.1) is 0 Å². The van der Waals surface area contributed by atoms with E-state index in [9.17, 15) is 4.79 Å². The fraction of sp³-hybridized carbons (Fsp3) is 0.600. The molecule has 1 atom stereocenters. The second-order valence-corrected chi connectivity index (χ2v) is 6.39. The molecule has 124 valence electrons. The van der Waals surface area contributed by atoms with Crippen LogP contribution in [-0.4, -0.2) is 32.6 Å². The lowest BCUT2D eigenvalue weighted by Crippen LogP contribution is -2.30. The average Bonchev–Trinajstić information content (AvgIpc) is 3.24. The van der Waals surface area contributed by atoms with Gasteiger partial charge in [0.05, 0.1) is 0 Å². The summed E-state index contributed by atoms with van der Waals surface area (Å²) in [6.07, 6.45) is 2.60. The molecule has 1 amide bonds. The second-order valence-electron chi connectivity index (χ2n) is 6.01. The molecule has 8 heteroatoms. The van der Waals surface area contributed by atoms with Gasteiger partial charge in [-0.3, -0.25) is 4.79 Å². The fourth-order valence-corrected chi connectivity index (χ4v) is 2.87. The molecule has 0 saturated carbocycles. The smallest absolute Gasteiger partial charge is 0.249 e. The van der Waals surface area contributed by atoms with Crippen molar-refractivity contribution in [1.29, 1.82) is 0 Å². The summed E-state index contributed by atoms with van der Waals surface area (Å²) in [5.74, 6) is 2.07. The third kappa shape index (κ3) is 3.55. The Labute approximate surface area is 139 Å². The normalized spacial score (nSPS) is 18.1. The van der Waals surface area contributed by atoms with Gasteiger partial charge in [0.2, 0.25) is 11.8 Å². The zero-order chi connectivity index (χ0) is 16.4. The van der Waals surface area contributed by atoms with Crippen LogP contribution in [-0.2, 0) is 11.2 Å². The lowest BCUT2D eigenvalue weighted by atomic mass is 10.2. The number of rotatable bonds is 5. The van der Waals surface area contributed by atoms with Crippen molar-refractivity contribution >= 4 is 17.5 Å². The average molecular weight is 339 g/mol. The summed E-state index contributed by atoms with van der Waals surface area (Å²) in [5.41, 5.74) is 0. The third-order valence-corrected chi connectivity index (χ3v) is 4.13. The topological polar surface area (TPSA) is 85.3 Å². The molecule has 0 radical (unpaired) electrons. The Morgan fingerprint density at radius 1 is 1.43 bits per heavy atom. The zero-order valence-corrected chi connectivity index (χ0v) is 13.9. The van der Waals surface area contributed by atoms with E-state index in [1.807, 2.05) is 18.7 Å². The summed E-state index contributed by atoms with van der Waals surface area (Å²) < 4.78 is 10.4. The Kier molecular flexibility index (Phi) is 4.66. The molecule has 0 aliphatic carbocycles. The van der Waals surface area contributed by atoms with E-state index in [-0.39, 0.29) is 17.9 Å². The van der Waals surface area contributed by atoms with Crippen molar-refractivity contribution < 1.29 is 13.8 Å². The van der Waals surface area contributed by atoms with E-state index in [1.54, 1.807) is 6.07 Å². The minimum atomic E-state index is -0.124. The van der Waals surface area contributed by atoms with Crippen LogP contribution < -0.4 is 0 Å². The molecule has 3 heterocycles. The highest BCUT2D eigenvalue weighted by atomic mass is 35.5. The molecule has 1 fully saturated rings. The molecule has 23 heavy (non-hydrogen) atoms. The minimum absolute atomic E-state index is 0.0457. The van der Waals surface area contributed by atoms with Crippen molar-refractivity contribution in [2.24, 2.45) is 0 Å². The molecule has 0 spiro atoms. The summed E-state index contributed by atoms with van der Waals surface area (Å²) in [5, 5.41) is 7.90. The quantitative estimate of drug-likeness (QED) is 0.832. The molecule has 2 aromatic heterocycles. The van der Waals surface area contributed by atoms with Crippen LogP contribution in [0.2, 0.25) is 5.15 Å². The maximum absolute atomic E-state index is 12.5. The fourth-order valence-electron chi connectivity index (χ4n) is 2.72. The van der Waals surface area contributed by atoms with Gasteiger partial charge in [0.1, 0.15) is 11.8 Å². The van der Waals surface area contributed by atoms with Crippen molar-refractivity contribution in [2.45, 2.75) is 51.5 Å². The van der Waals surface area contributed by atoms with E-state index in [0.29, 0.717) is 42.0 Å². The van der Waals surface area contributed by atoms with E-state index in [0.717, 1.165) is 12.8 Å². The molecule has 1 aliphatic heterocycles. The van der Waals surface area contributed by atoms with Gasteiger partial charge in [-0.15, -0.1) is 0 Å². The summed E-state index contributed by atoms with van der Waals surface area (Å²) in [6.45, 7) is 4.73. The maximum atomic E-state index is 12.5. The van der Waals surface area contributed by atoms with Crippen LogP contribution in [0.3, 0.4) is 0 Å². The van der Waals surface area contributed by atoms with Crippen LogP contribution in [0.15, 0.2) is 15.1 Å². The Morgan fingerprint density at radius 3 is 2.91 bits per heavy atom. The van der Waals surface area contributed by atoms with E-state index in [4.69, 9.17) is 20.6 Å². The van der Waals surface area contributed by atoms with Gasteiger partial charge >= 0.3 is 0 Å². The largest absolute Gasteiger partial charge is 0.360 e. The predicted octanol–water partition coefficient (Wildman–Crippen LogP) is 3.13. The highest BCUT2D eigenvalue weighted by Gasteiger charge is 2.34. The first-order valence-corrected chi connectivity index (χ1v) is 8.16. The molecular weight excluding hydrogens is 320 g/mol. The highest BCUT2D eigenvalue weighted by molar-refractivity contribution is 6.29.